The lowest BCUT2D eigenvalue weighted by atomic mass is 10.1. The van der Waals surface area contributed by atoms with E-state index >= 15 is 0 Å². The van der Waals surface area contributed by atoms with Gasteiger partial charge in [-0.25, -0.2) is 8.42 Å². The van der Waals surface area contributed by atoms with Crippen LogP contribution in [0.4, 0.5) is 11.4 Å². The molecule has 1 amide bonds. The molecule has 0 atom stereocenters. The molecule has 0 saturated heterocycles. The maximum Gasteiger partial charge on any atom is 0.261 e. The Morgan fingerprint density at radius 2 is 1.38 bits per heavy atom. The average Bonchev–Trinajstić information content (AvgIpc) is 2.93. The number of anilines is 2. The normalized spacial score (nSPS) is 11.2. The largest absolute Gasteiger partial charge is 0.322 e. The van der Waals surface area contributed by atoms with E-state index in [4.69, 9.17) is 0 Å². The van der Waals surface area contributed by atoms with Gasteiger partial charge in [-0.15, -0.1) is 11.8 Å². The van der Waals surface area contributed by atoms with Crippen molar-refractivity contribution in [3.63, 3.8) is 0 Å². The van der Waals surface area contributed by atoms with Crippen molar-refractivity contribution in [3.8, 4) is 0 Å². The van der Waals surface area contributed by atoms with Crippen LogP contribution in [0.3, 0.4) is 0 Å². The monoisotopic (exact) mass is 524 g/mol. The van der Waals surface area contributed by atoms with Gasteiger partial charge in [-0.3, -0.25) is 9.52 Å². The molecule has 5 rings (SSSR count). The Bertz CT molecular complexity index is 1630. The summed E-state index contributed by atoms with van der Waals surface area (Å²) >= 11 is 1.74. The number of thioether (sulfide) groups is 1. The molecule has 0 spiro atoms. The Balaban J connectivity index is 1.22. The Morgan fingerprint density at radius 3 is 2.14 bits per heavy atom. The van der Waals surface area contributed by atoms with Gasteiger partial charge in [0.15, 0.2) is 0 Å². The molecular formula is C30H24N2O3S2. The smallest absolute Gasteiger partial charge is 0.261 e. The van der Waals surface area contributed by atoms with E-state index in [9.17, 15) is 13.2 Å². The van der Waals surface area contributed by atoms with Crippen molar-refractivity contribution in [2.24, 2.45) is 0 Å². The van der Waals surface area contributed by atoms with Crippen LogP contribution < -0.4 is 10.0 Å². The summed E-state index contributed by atoms with van der Waals surface area (Å²) < 4.78 is 28.6. The molecule has 37 heavy (non-hydrogen) atoms. The van der Waals surface area contributed by atoms with E-state index in [1.165, 1.54) is 17.0 Å². The second-order valence-electron chi connectivity index (χ2n) is 8.41. The van der Waals surface area contributed by atoms with Gasteiger partial charge < -0.3 is 5.32 Å². The van der Waals surface area contributed by atoms with E-state index in [-0.39, 0.29) is 10.8 Å². The van der Waals surface area contributed by atoms with Crippen molar-refractivity contribution in [1.82, 2.24) is 0 Å². The first-order chi connectivity index (χ1) is 18.0. The van der Waals surface area contributed by atoms with Crippen LogP contribution in [0.2, 0.25) is 0 Å². The summed E-state index contributed by atoms with van der Waals surface area (Å²) in [4.78, 5) is 14.0. The maximum atomic E-state index is 13.0. The Kier molecular flexibility index (Phi) is 7.25. The molecule has 0 aliphatic carbocycles. The highest BCUT2D eigenvalue weighted by molar-refractivity contribution is 7.98. The molecule has 0 bridgehead atoms. The number of rotatable bonds is 8. The third-order valence-corrected chi connectivity index (χ3v) is 8.29. The molecule has 5 nitrogen and oxygen atoms in total. The minimum Gasteiger partial charge on any atom is -0.322 e. The zero-order chi connectivity index (χ0) is 25.7. The molecule has 0 radical (unpaired) electrons. The van der Waals surface area contributed by atoms with E-state index in [0.717, 1.165) is 22.1 Å². The molecule has 184 valence electrons. The first kappa shape index (κ1) is 24.6. The van der Waals surface area contributed by atoms with Gasteiger partial charge >= 0.3 is 0 Å². The van der Waals surface area contributed by atoms with Crippen molar-refractivity contribution >= 4 is 49.8 Å². The fourth-order valence-corrected chi connectivity index (χ4v) is 5.83. The van der Waals surface area contributed by atoms with Crippen molar-refractivity contribution < 1.29 is 13.2 Å². The van der Waals surface area contributed by atoms with Crippen LogP contribution in [0, 0.1) is 0 Å². The van der Waals surface area contributed by atoms with Crippen LogP contribution in [0.15, 0.2) is 131 Å². The molecule has 0 unspecified atom stereocenters. The predicted molar refractivity (Wildman–Crippen MR) is 152 cm³/mol. The van der Waals surface area contributed by atoms with Gasteiger partial charge in [0, 0.05) is 27.3 Å². The quantitative estimate of drug-likeness (QED) is 0.211. The molecule has 5 aromatic rings. The van der Waals surface area contributed by atoms with Gasteiger partial charge in [0.05, 0.1) is 10.6 Å². The molecule has 0 aliphatic heterocycles. The highest BCUT2D eigenvalue weighted by Gasteiger charge is 2.16. The van der Waals surface area contributed by atoms with E-state index in [2.05, 4.69) is 22.2 Å². The lowest BCUT2D eigenvalue weighted by molar-refractivity contribution is 0.102. The predicted octanol–water partition coefficient (Wildman–Crippen LogP) is 7.19. The van der Waals surface area contributed by atoms with E-state index in [1.54, 1.807) is 42.1 Å². The second kappa shape index (κ2) is 10.9. The number of carbonyl (C=O) groups is 1. The van der Waals surface area contributed by atoms with Crippen molar-refractivity contribution in [3.05, 3.63) is 132 Å². The van der Waals surface area contributed by atoms with Crippen molar-refractivity contribution in [2.45, 2.75) is 15.5 Å². The van der Waals surface area contributed by atoms with E-state index in [0.29, 0.717) is 16.9 Å². The van der Waals surface area contributed by atoms with Crippen LogP contribution in [0.1, 0.15) is 15.9 Å². The van der Waals surface area contributed by atoms with Gasteiger partial charge in [0.2, 0.25) is 0 Å². The summed E-state index contributed by atoms with van der Waals surface area (Å²) in [7, 11) is -3.80. The van der Waals surface area contributed by atoms with Gasteiger partial charge in [-0.2, -0.15) is 0 Å². The topological polar surface area (TPSA) is 75.3 Å². The molecule has 0 saturated carbocycles. The van der Waals surface area contributed by atoms with E-state index in [1.807, 2.05) is 66.7 Å². The summed E-state index contributed by atoms with van der Waals surface area (Å²) in [5, 5.41) is 4.60. The lowest BCUT2D eigenvalue weighted by Crippen LogP contribution is -2.14. The molecule has 0 aliphatic rings. The lowest BCUT2D eigenvalue weighted by Gasteiger charge is -2.12. The highest BCUT2D eigenvalue weighted by Crippen LogP contribution is 2.26. The van der Waals surface area contributed by atoms with Gasteiger partial charge in [-0.1, -0.05) is 66.7 Å². The Morgan fingerprint density at radius 1 is 0.703 bits per heavy atom. The Hall–Kier alpha value is -4.07. The minimum absolute atomic E-state index is 0.110. The van der Waals surface area contributed by atoms with Crippen LogP contribution >= 0.6 is 11.8 Å². The van der Waals surface area contributed by atoms with Crippen LogP contribution in [0.25, 0.3) is 10.8 Å². The SMILES string of the molecule is O=C(Nc1ccc(S(=O)(=O)Nc2cccc3ccccc23)cc1)c1ccc(CSc2ccccc2)cc1. The molecule has 7 heteroatoms. The third-order valence-electron chi connectivity index (χ3n) is 5.82. The average molecular weight is 525 g/mol. The molecule has 0 fully saturated rings. The van der Waals surface area contributed by atoms with Crippen LogP contribution in [-0.4, -0.2) is 14.3 Å². The van der Waals surface area contributed by atoms with Crippen LogP contribution in [0.5, 0.6) is 0 Å². The molecule has 5 aromatic carbocycles. The second-order valence-corrected chi connectivity index (χ2v) is 11.1. The zero-order valence-corrected chi connectivity index (χ0v) is 21.4. The standard InChI is InChI=1S/C30H24N2O3S2/c33-30(24-15-13-22(14-16-24)21-36-26-9-2-1-3-10-26)31-25-17-19-27(20-18-25)37(34,35)32-29-12-6-8-23-7-4-5-11-28(23)29/h1-20,32H,21H2,(H,31,33). The Labute approximate surface area is 220 Å². The number of fused-ring (bicyclic) bond motifs is 1. The summed E-state index contributed by atoms with van der Waals surface area (Å²) in [5.74, 6) is 0.557. The number of hydrogen-bond acceptors (Lipinski definition) is 4. The van der Waals surface area contributed by atoms with Gasteiger partial charge in [0.25, 0.3) is 15.9 Å². The molecule has 2 N–H and O–H groups in total. The third kappa shape index (κ3) is 6.02. The van der Waals surface area contributed by atoms with Crippen LogP contribution in [-0.2, 0) is 15.8 Å². The fraction of sp³-hybridized carbons (Fsp3) is 0.0333. The number of amides is 1. The summed E-state index contributed by atoms with van der Waals surface area (Å²) in [5.41, 5.74) is 2.68. The number of carbonyl (C=O) groups excluding carboxylic acids is 1. The molecular weight excluding hydrogens is 500 g/mol. The summed E-state index contributed by atoms with van der Waals surface area (Å²) in [6, 6.07) is 36.8. The molecule has 0 heterocycles. The van der Waals surface area contributed by atoms with Gasteiger partial charge in [-0.05, 0) is 65.5 Å². The number of nitrogens with one attached hydrogen (secondary N) is 2. The maximum absolute atomic E-state index is 13.0. The summed E-state index contributed by atoms with van der Waals surface area (Å²) in [6.45, 7) is 0. The highest BCUT2D eigenvalue weighted by atomic mass is 32.2. The van der Waals surface area contributed by atoms with Crippen molar-refractivity contribution in [2.75, 3.05) is 10.0 Å². The number of sulfonamides is 1. The van der Waals surface area contributed by atoms with Crippen molar-refractivity contribution in [1.29, 1.82) is 0 Å². The fourth-order valence-electron chi connectivity index (χ4n) is 3.87. The van der Waals surface area contributed by atoms with E-state index < -0.39 is 10.0 Å². The minimum atomic E-state index is -3.80. The number of hydrogen-bond donors (Lipinski definition) is 2. The number of benzene rings is 5. The first-order valence-corrected chi connectivity index (χ1v) is 14.1. The zero-order valence-electron chi connectivity index (χ0n) is 19.8. The first-order valence-electron chi connectivity index (χ1n) is 11.7. The molecule has 0 aromatic heterocycles. The van der Waals surface area contributed by atoms with Gasteiger partial charge in [0.1, 0.15) is 0 Å². The summed E-state index contributed by atoms with van der Waals surface area (Å²) in [6.07, 6.45) is 0.